The van der Waals surface area contributed by atoms with Crippen LogP contribution < -0.4 is 9.47 Å². The third kappa shape index (κ3) is 5.91. The molecule has 2 aromatic carbocycles. The molecule has 1 N–H and O–H groups in total. The maximum atomic E-state index is 11.5. The minimum absolute atomic E-state index is 0.129. The first kappa shape index (κ1) is 26.6. The van der Waals surface area contributed by atoms with Crippen LogP contribution in [0.1, 0.15) is 49.3 Å². The molecular formula is C30H34O7. The number of carbonyl (C=O) groups excluding carboxylic acids is 2. The number of benzene rings is 2. The highest BCUT2D eigenvalue weighted by molar-refractivity contribution is 5.71. The van der Waals surface area contributed by atoms with Gasteiger partial charge in [0.15, 0.2) is 13.2 Å². The van der Waals surface area contributed by atoms with Gasteiger partial charge in [-0.3, -0.25) is 0 Å². The summed E-state index contributed by atoms with van der Waals surface area (Å²) >= 11 is 0. The quantitative estimate of drug-likeness (QED) is 0.431. The Morgan fingerprint density at radius 1 is 0.973 bits per heavy atom. The Bertz CT molecular complexity index is 1190. The van der Waals surface area contributed by atoms with Gasteiger partial charge in [0.2, 0.25) is 0 Å². The van der Waals surface area contributed by atoms with Crippen molar-refractivity contribution in [2.75, 3.05) is 27.4 Å². The maximum absolute atomic E-state index is 11.5. The summed E-state index contributed by atoms with van der Waals surface area (Å²) in [6.07, 6.45) is 4.65. The molecule has 0 radical (unpaired) electrons. The van der Waals surface area contributed by atoms with Gasteiger partial charge < -0.3 is 24.1 Å². The van der Waals surface area contributed by atoms with Gasteiger partial charge in [-0.15, -0.1) is 5.92 Å². The zero-order chi connectivity index (χ0) is 26.5. The highest BCUT2D eigenvalue weighted by atomic mass is 16.6. The predicted octanol–water partition coefficient (Wildman–Crippen LogP) is 3.77. The number of ether oxygens (including phenoxy) is 4. The van der Waals surface area contributed by atoms with Gasteiger partial charge in [-0.05, 0) is 92.3 Å². The molecule has 0 aliphatic heterocycles. The zero-order valence-electron chi connectivity index (χ0n) is 21.7. The van der Waals surface area contributed by atoms with E-state index in [2.05, 4.69) is 27.4 Å². The molecule has 1 fully saturated rings. The van der Waals surface area contributed by atoms with Crippen LogP contribution in [0.3, 0.4) is 0 Å². The molecule has 0 heterocycles. The summed E-state index contributed by atoms with van der Waals surface area (Å²) in [5, 5.41) is 11.2. The van der Waals surface area contributed by atoms with E-state index in [4.69, 9.17) is 9.47 Å². The summed E-state index contributed by atoms with van der Waals surface area (Å²) in [6, 6.07) is 13.9. The van der Waals surface area contributed by atoms with Crippen molar-refractivity contribution < 1.29 is 33.6 Å². The predicted molar refractivity (Wildman–Crippen MR) is 137 cm³/mol. The minimum atomic E-state index is -0.963. The average molecular weight is 507 g/mol. The Kier molecular flexibility index (Phi) is 8.09. The highest BCUT2D eigenvalue weighted by Gasteiger charge is 2.51. The number of hydrogen-bond donors (Lipinski definition) is 1. The molecule has 196 valence electrons. The van der Waals surface area contributed by atoms with Crippen molar-refractivity contribution in [3.05, 3.63) is 59.2 Å². The molecule has 37 heavy (non-hydrogen) atoms. The summed E-state index contributed by atoms with van der Waals surface area (Å²) in [5.41, 5.74) is 2.51. The number of aliphatic hydroxyl groups is 1. The van der Waals surface area contributed by atoms with Crippen molar-refractivity contribution in [3.8, 4) is 23.3 Å². The van der Waals surface area contributed by atoms with Crippen LogP contribution in [-0.2, 0) is 37.3 Å². The molecule has 0 bridgehead atoms. The van der Waals surface area contributed by atoms with E-state index in [0.29, 0.717) is 24.3 Å². The first-order valence-electron chi connectivity index (χ1n) is 12.6. The van der Waals surface area contributed by atoms with Crippen LogP contribution in [0.2, 0.25) is 0 Å². The summed E-state index contributed by atoms with van der Waals surface area (Å²) in [6.45, 7) is 1.51. The average Bonchev–Trinajstić information content (AvgIpc) is 2.91. The van der Waals surface area contributed by atoms with E-state index in [1.807, 2.05) is 36.4 Å². The van der Waals surface area contributed by atoms with Crippen LogP contribution in [0.4, 0.5) is 0 Å². The molecule has 0 spiro atoms. The van der Waals surface area contributed by atoms with Gasteiger partial charge in [-0.1, -0.05) is 24.1 Å². The molecule has 0 saturated heterocycles. The lowest BCUT2D eigenvalue weighted by atomic mass is 9.52. The van der Waals surface area contributed by atoms with Crippen LogP contribution in [0.5, 0.6) is 11.5 Å². The second-order valence-electron chi connectivity index (χ2n) is 9.87. The number of hydrogen-bond acceptors (Lipinski definition) is 7. The van der Waals surface area contributed by atoms with Crippen LogP contribution in [0.25, 0.3) is 0 Å². The van der Waals surface area contributed by atoms with Crippen molar-refractivity contribution in [1.82, 2.24) is 0 Å². The number of carbonyl (C=O) groups is 2. The van der Waals surface area contributed by atoms with Gasteiger partial charge in [0.1, 0.15) is 17.1 Å². The number of methoxy groups -OCH3 is 2. The van der Waals surface area contributed by atoms with Gasteiger partial charge in [-0.25, -0.2) is 9.59 Å². The topological polar surface area (TPSA) is 91.3 Å². The fourth-order valence-corrected chi connectivity index (χ4v) is 5.90. The van der Waals surface area contributed by atoms with E-state index in [0.717, 1.165) is 31.2 Å². The van der Waals surface area contributed by atoms with Gasteiger partial charge >= 0.3 is 11.9 Å². The SMILES string of the molecule is CC#C[C@@]1(O)CC[C@]2(Cc3ccc(OCC(=O)OC)cc3)c3ccc(OCC(=O)OC)cc3CC[C@H]2C1. The number of esters is 2. The van der Waals surface area contributed by atoms with Crippen LogP contribution in [-0.4, -0.2) is 50.1 Å². The van der Waals surface area contributed by atoms with Crippen molar-refractivity contribution >= 4 is 11.9 Å². The third-order valence-corrected chi connectivity index (χ3v) is 7.69. The molecule has 2 aliphatic rings. The van der Waals surface area contributed by atoms with Crippen molar-refractivity contribution in [1.29, 1.82) is 0 Å². The Hall–Kier alpha value is -3.50. The van der Waals surface area contributed by atoms with E-state index >= 15 is 0 Å². The molecular weight excluding hydrogens is 472 g/mol. The lowest BCUT2D eigenvalue weighted by Crippen LogP contribution is -2.50. The second-order valence-corrected chi connectivity index (χ2v) is 9.87. The molecule has 0 aromatic heterocycles. The monoisotopic (exact) mass is 506 g/mol. The molecule has 7 heteroatoms. The molecule has 2 aliphatic carbocycles. The summed E-state index contributed by atoms with van der Waals surface area (Å²) < 4.78 is 20.5. The summed E-state index contributed by atoms with van der Waals surface area (Å²) in [5.74, 6) is 6.65. The standard InChI is InChI=1S/C30H34O7/c1-4-13-29(33)14-15-30(17-21-5-9-24(10-6-21)36-19-27(31)34-2)23(18-29)8-7-22-16-25(11-12-26(22)30)37-20-28(32)35-3/h5-6,9-12,16,23,33H,7-8,14-15,17-20H2,1-3H3/t23-,29+,30+/m0/s1. The largest absolute Gasteiger partial charge is 0.482 e. The molecule has 7 nitrogen and oxygen atoms in total. The van der Waals surface area contributed by atoms with Gasteiger partial charge in [-0.2, -0.15) is 0 Å². The molecule has 3 atom stereocenters. The lowest BCUT2D eigenvalue weighted by molar-refractivity contribution is -0.143. The zero-order valence-corrected chi connectivity index (χ0v) is 21.7. The lowest BCUT2D eigenvalue weighted by Gasteiger charge is -2.52. The molecule has 1 saturated carbocycles. The summed E-state index contributed by atoms with van der Waals surface area (Å²) in [7, 11) is 2.67. The Balaban J connectivity index is 1.62. The van der Waals surface area contributed by atoms with Crippen LogP contribution >= 0.6 is 0 Å². The van der Waals surface area contributed by atoms with Crippen LogP contribution in [0.15, 0.2) is 42.5 Å². The fourth-order valence-electron chi connectivity index (χ4n) is 5.90. The van der Waals surface area contributed by atoms with E-state index < -0.39 is 17.5 Å². The highest BCUT2D eigenvalue weighted by Crippen LogP contribution is 2.54. The smallest absolute Gasteiger partial charge is 0.343 e. The van der Waals surface area contributed by atoms with Crippen molar-refractivity contribution in [3.63, 3.8) is 0 Å². The Morgan fingerprint density at radius 2 is 1.62 bits per heavy atom. The van der Waals surface area contributed by atoms with E-state index in [9.17, 15) is 14.7 Å². The fraction of sp³-hybridized carbons (Fsp3) is 0.467. The van der Waals surface area contributed by atoms with Crippen LogP contribution in [0, 0.1) is 17.8 Å². The van der Waals surface area contributed by atoms with Gasteiger partial charge in [0, 0.05) is 5.41 Å². The van der Waals surface area contributed by atoms with Crippen molar-refractivity contribution in [2.45, 2.75) is 56.5 Å². The second kappa shape index (κ2) is 11.3. The van der Waals surface area contributed by atoms with Gasteiger partial charge in [0.25, 0.3) is 0 Å². The first-order chi connectivity index (χ1) is 17.8. The third-order valence-electron chi connectivity index (χ3n) is 7.69. The number of aryl methyl sites for hydroxylation is 1. The number of rotatable bonds is 8. The minimum Gasteiger partial charge on any atom is -0.482 e. The number of fused-ring (bicyclic) bond motifs is 3. The molecule has 0 amide bonds. The summed E-state index contributed by atoms with van der Waals surface area (Å²) in [4.78, 5) is 22.9. The van der Waals surface area contributed by atoms with E-state index in [1.165, 1.54) is 25.3 Å². The van der Waals surface area contributed by atoms with E-state index in [-0.39, 0.29) is 24.5 Å². The van der Waals surface area contributed by atoms with E-state index in [1.54, 1.807) is 6.92 Å². The molecule has 4 rings (SSSR count). The normalized spacial score (nSPS) is 23.9. The first-order valence-corrected chi connectivity index (χ1v) is 12.6. The maximum Gasteiger partial charge on any atom is 0.343 e. The Labute approximate surface area is 218 Å². The van der Waals surface area contributed by atoms with Gasteiger partial charge in [0.05, 0.1) is 14.2 Å². The molecule has 2 aromatic rings. The van der Waals surface area contributed by atoms with Crippen molar-refractivity contribution in [2.24, 2.45) is 5.92 Å². The Morgan fingerprint density at radius 3 is 2.27 bits per heavy atom. The molecule has 0 unspecified atom stereocenters.